The Labute approximate surface area is 162 Å². The zero-order valence-corrected chi connectivity index (χ0v) is 16.8. The van der Waals surface area contributed by atoms with E-state index in [4.69, 9.17) is 4.74 Å². The molecule has 0 radical (unpaired) electrons. The molecule has 2 fully saturated rings. The van der Waals surface area contributed by atoms with E-state index < -0.39 is 17.3 Å². The van der Waals surface area contributed by atoms with Crippen molar-refractivity contribution >= 4 is 17.8 Å². The lowest BCUT2D eigenvalue weighted by Crippen LogP contribution is -2.47. The fourth-order valence-corrected chi connectivity index (χ4v) is 4.84. The van der Waals surface area contributed by atoms with Crippen molar-refractivity contribution in [2.75, 3.05) is 6.61 Å². The van der Waals surface area contributed by atoms with Crippen LogP contribution in [-0.4, -0.2) is 35.6 Å². The van der Waals surface area contributed by atoms with Gasteiger partial charge in [-0.1, -0.05) is 32.6 Å². The van der Waals surface area contributed by atoms with Crippen molar-refractivity contribution in [3.8, 4) is 0 Å². The van der Waals surface area contributed by atoms with E-state index in [0.717, 1.165) is 51.4 Å². The Balaban J connectivity index is 2.02. The SMILES string of the molecule is CCCC(CC1(C(=O)N[C@H]2CCC[C@@H](C(=O)OCC)C2)CCCC1)C(=O)O. The number of carbonyl (C=O) groups is 3. The normalized spacial score (nSPS) is 25.6. The molecule has 0 aromatic rings. The van der Waals surface area contributed by atoms with Crippen molar-refractivity contribution in [1.82, 2.24) is 5.32 Å². The molecule has 0 aromatic carbocycles. The largest absolute Gasteiger partial charge is 0.481 e. The number of carboxylic acid groups (broad SMARTS) is 1. The lowest BCUT2D eigenvalue weighted by Gasteiger charge is -2.34. The predicted molar refractivity (Wildman–Crippen MR) is 102 cm³/mol. The Hall–Kier alpha value is -1.59. The summed E-state index contributed by atoms with van der Waals surface area (Å²) in [7, 11) is 0. The molecule has 6 heteroatoms. The number of ether oxygens (including phenoxy) is 1. The number of carbonyl (C=O) groups excluding carboxylic acids is 2. The van der Waals surface area contributed by atoms with Crippen molar-refractivity contribution in [3.63, 3.8) is 0 Å². The highest BCUT2D eigenvalue weighted by atomic mass is 16.5. The van der Waals surface area contributed by atoms with Gasteiger partial charge in [-0.05, 0) is 51.9 Å². The molecule has 2 aliphatic rings. The van der Waals surface area contributed by atoms with Gasteiger partial charge in [-0.25, -0.2) is 0 Å². The summed E-state index contributed by atoms with van der Waals surface area (Å²) in [5.74, 6) is -1.57. The summed E-state index contributed by atoms with van der Waals surface area (Å²) in [5, 5.41) is 12.7. The number of hydrogen-bond donors (Lipinski definition) is 2. The van der Waals surface area contributed by atoms with Crippen molar-refractivity contribution in [2.24, 2.45) is 17.3 Å². The van der Waals surface area contributed by atoms with E-state index in [0.29, 0.717) is 25.9 Å². The van der Waals surface area contributed by atoms with Crippen LogP contribution in [0.1, 0.15) is 84.5 Å². The van der Waals surface area contributed by atoms with Gasteiger partial charge in [0.05, 0.1) is 23.9 Å². The third-order valence-corrected chi connectivity index (χ3v) is 6.30. The maximum atomic E-state index is 13.2. The first-order valence-electron chi connectivity index (χ1n) is 10.6. The summed E-state index contributed by atoms with van der Waals surface area (Å²) in [6.45, 7) is 4.16. The molecule has 1 amide bonds. The van der Waals surface area contributed by atoms with E-state index in [9.17, 15) is 19.5 Å². The summed E-state index contributed by atoms with van der Waals surface area (Å²) in [6, 6.07) is -0.0208. The maximum absolute atomic E-state index is 13.2. The summed E-state index contributed by atoms with van der Waals surface area (Å²) in [5.41, 5.74) is -0.560. The minimum absolute atomic E-state index is 0.00291. The standard InChI is InChI=1S/C21H35NO5/c1-3-8-16(18(23)24)14-21(11-5-6-12-21)20(26)22-17-10-7-9-15(13-17)19(25)27-4-2/h15-17H,3-14H2,1-2H3,(H,22,26)(H,23,24)/t15-,16?,17+/m1/s1. The van der Waals surface area contributed by atoms with Gasteiger partial charge in [-0.15, -0.1) is 0 Å². The second kappa shape index (κ2) is 10.1. The number of amides is 1. The van der Waals surface area contributed by atoms with E-state index in [1.165, 1.54) is 0 Å². The molecule has 3 atom stereocenters. The molecule has 0 aromatic heterocycles. The summed E-state index contributed by atoms with van der Waals surface area (Å²) < 4.78 is 5.14. The van der Waals surface area contributed by atoms with E-state index in [2.05, 4.69) is 5.32 Å². The van der Waals surface area contributed by atoms with Crippen LogP contribution in [0.4, 0.5) is 0 Å². The number of aliphatic carboxylic acids is 1. The molecule has 2 N–H and O–H groups in total. The fraction of sp³-hybridized carbons (Fsp3) is 0.857. The first kappa shape index (κ1) is 21.7. The molecule has 0 heterocycles. The van der Waals surface area contributed by atoms with Crippen LogP contribution in [0.25, 0.3) is 0 Å². The van der Waals surface area contributed by atoms with Gasteiger partial charge in [0, 0.05) is 6.04 Å². The molecule has 27 heavy (non-hydrogen) atoms. The van der Waals surface area contributed by atoms with Gasteiger partial charge in [-0.2, -0.15) is 0 Å². The molecule has 0 saturated heterocycles. The molecule has 2 rings (SSSR count). The summed E-state index contributed by atoms with van der Waals surface area (Å²) >= 11 is 0. The van der Waals surface area contributed by atoms with Crippen LogP contribution in [0.2, 0.25) is 0 Å². The van der Waals surface area contributed by atoms with E-state index >= 15 is 0 Å². The fourth-order valence-electron chi connectivity index (χ4n) is 4.84. The number of hydrogen-bond acceptors (Lipinski definition) is 4. The molecule has 1 unspecified atom stereocenters. The highest BCUT2D eigenvalue weighted by molar-refractivity contribution is 5.84. The maximum Gasteiger partial charge on any atom is 0.308 e. The highest BCUT2D eigenvalue weighted by Crippen LogP contribution is 2.44. The zero-order chi connectivity index (χ0) is 19.9. The van der Waals surface area contributed by atoms with Crippen LogP contribution < -0.4 is 5.32 Å². The van der Waals surface area contributed by atoms with Crippen LogP contribution in [0, 0.1) is 17.3 Å². The average molecular weight is 382 g/mol. The molecule has 2 aliphatic carbocycles. The topological polar surface area (TPSA) is 92.7 Å². The zero-order valence-electron chi connectivity index (χ0n) is 16.8. The van der Waals surface area contributed by atoms with Crippen molar-refractivity contribution < 1.29 is 24.2 Å². The third-order valence-electron chi connectivity index (χ3n) is 6.30. The van der Waals surface area contributed by atoms with Gasteiger partial charge in [0.15, 0.2) is 0 Å². The Morgan fingerprint density at radius 3 is 2.44 bits per heavy atom. The second-order valence-electron chi connectivity index (χ2n) is 8.30. The Morgan fingerprint density at radius 2 is 1.85 bits per heavy atom. The van der Waals surface area contributed by atoms with Gasteiger partial charge in [0.2, 0.25) is 5.91 Å². The van der Waals surface area contributed by atoms with E-state index in [1.807, 2.05) is 6.92 Å². The number of nitrogens with one attached hydrogen (secondary N) is 1. The second-order valence-corrected chi connectivity index (χ2v) is 8.30. The van der Waals surface area contributed by atoms with Crippen LogP contribution >= 0.6 is 0 Å². The van der Waals surface area contributed by atoms with E-state index in [1.54, 1.807) is 6.92 Å². The number of esters is 1. The molecule has 0 spiro atoms. The molecule has 0 bridgehead atoms. The summed E-state index contributed by atoms with van der Waals surface area (Å²) in [4.78, 5) is 36.8. The first-order valence-corrected chi connectivity index (χ1v) is 10.6. The van der Waals surface area contributed by atoms with Crippen molar-refractivity contribution in [1.29, 1.82) is 0 Å². The van der Waals surface area contributed by atoms with Crippen LogP contribution in [-0.2, 0) is 19.1 Å². The van der Waals surface area contributed by atoms with Gasteiger partial charge in [0.25, 0.3) is 0 Å². The van der Waals surface area contributed by atoms with Crippen LogP contribution in [0.5, 0.6) is 0 Å². The van der Waals surface area contributed by atoms with Crippen molar-refractivity contribution in [2.45, 2.75) is 90.5 Å². The molecular weight excluding hydrogens is 346 g/mol. The molecule has 0 aliphatic heterocycles. The van der Waals surface area contributed by atoms with E-state index in [-0.39, 0.29) is 23.8 Å². The minimum atomic E-state index is -0.795. The predicted octanol–water partition coefficient (Wildman–Crippen LogP) is 3.68. The third kappa shape index (κ3) is 5.69. The smallest absolute Gasteiger partial charge is 0.308 e. The van der Waals surface area contributed by atoms with Gasteiger partial charge < -0.3 is 15.2 Å². The highest BCUT2D eigenvalue weighted by Gasteiger charge is 2.44. The average Bonchev–Trinajstić information content (AvgIpc) is 3.11. The molecule has 154 valence electrons. The Kier molecular flexibility index (Phi) is 8.11. The van der Waals surface area contributed by atoms with Crippen molar-refractivity contribution in [3.05, 3.63) is 0 Å². The lowest BCUT2D eigenvalue weighted by atomic mass is 9.75. The van der Waals surface area contributed by atoms with Crippen LogP contribution in [0.15, 0.2) is 0 Å². The minimum Gasteiger partial charge on any atom is -0.481 e. The Morgan fingerprint density at radius 1 is 1.15 bits per heavy atom. The van der Waals surface area contributed by atoms with Crippen LogP contribution in [0.3, 0.4) is 0 Å². The molecule has 6 nitrogen and oxygen atoms in total. The lowest BCUT2D eigenvalue weighted by molar-refractivity contribution is -0.150. The summed E-state index contributed by atoms with van der Waals surface area (Å²) in [6.07, 6.45) is 8.52. The quantitative estimate of drug-likeness (QED) is 0.594. The first-order chi connectivity index (χ1) is 12.9. The monoisotopic (exact) mass is 381 g/mol. The molecular formula is C21H35NO5. The number of rotatable bonds is 9. The Bertz CT molecular complexity index is 527. The molecule has 2 saturated carbocycles. The number of carboxylic acids is 1. The van der Waals surface area contributed by atoms with Gasteiger partial charge >= 0.3 is 11.9 Å². The van der Waals surface area contributed by atoms with Gasteiger partial charge in [0.1, 0.15) is 0 Å². The van der Waals surface area contributed by atoms with Gasteiger partial charge in [-0.3, -0.25) is 14.4 Å².